The third-order valence-corrected chi connectivity index (χ3v) is 0.328. The highest BCUT2D eigenvalue weighted by molar-refractivity contribution is 4.48. The summed E-state index contributed by atoms with van der Waals surface area (Å²) in [6, 6.07) is 0. The lowest BCUT2D eigenvalue weighted by atomic mass is 10.7. The predicted molar refractivity (Wildman–Crippen MR) is 21.1 cm³/mol. The summed E-state index contributed by atoms with van der Waals surface area (Å²) in [6.45, 7) is -0.746. The van der Waals surface area contributed by atoms with Gasteiger partial charge in [-0.05, 0) is 5.53 Å². The molecule has 40 valence electrons. The van der Waals surface area contributed by atoms with Crippen LogP contribution >= 0.6 is 0 Å². The molecule has 1 N–H and O–H groups in total. The zero-order valence-electron chi connectivity index (χ0n) is 3.45. The Morgan fingerprint density at radius 1 is 2.00 bits per heavy atom. The molecule has 0 fully saturated rings. The van der Waals surface area contributed by atoms with E-state index < -0.39 is 12.9 Å². The number of halogens is 1. The van der Waals surface area contributed by atoms with Gasteiger partial charge in [-0.15, -0.1) is 0 Å². The van der Waals surface area contributed by atoms with Gasteiger partial charge in [0.1, 0.15) is 0 Å². The highest BCUT2D eigenvalue weighted by Crippen LogP contribution is 1.88. The van der Waals surface area contributed by atoms with Crippen LogP contribution in [0.5, 0.6) is 0 Å². The van der Waals surface area contributed by atoms with E-state index in [0.717, 1.165) is 0 Å². The molecule has 0 rings (SSSR count). The largest absolute Gasteiger partial charge is 0.393 e. The lowest BCUT2D eigenvalue weighted by Crippen LogP contribution is -1.98. The molecule has 1 unspecified atom stereocenters. The molecule has 0 bridgehead atoms. The van der Waals surface area contributed by atoms with Gasteiger partial charge in [-0.1, -0.05) is 5.11 Å². The lowest BCUT2D eigenvalue weighted by molar-refractivity contribution is 0.183. The molecule has 0 amide bonds. The topological polar surface area (TPSA) is 69.0 Å². The van der Waals surface area contributed by atoms with E-state index in [9.17, 15) is 4.39 Å². The Bertz CT molecular complexity index is 88.9. The fraction of sp³-hybridized carbons (Fsp3) is 1.00. The van der Waals surface area contributed by atoms with Crippen LogP contribution in [0.1, 0.15) is 0 Å². The Kier molecular flexibility index (Phi) is 3.00. The van der Waals surface area contributed by atoms with Crippen LogP contribution in [0.15, 0.2) is 5.11 Å². The summed E-state index contributed by atoms with van der Waals surface area (Å²) in [4.78, 5) is 2.10. The van der Waals surface area contributed by atoms with Crippen molar-refractivity contribution in [3.05, 3.63) is 10.4 Å². The Morgan fingerprint density at radius 3 is 2.71 bits per heavy atom. The number of alkyl halides is 1. The second kappa shape index (κ2) is 3.39. The zero-order chi connectivity index (χ0) is 5.70. The van der Waals surface area contributed by atoms with Gasteiger partial charge in [0.05, 0.1) is 6.61 Å². The molecule has 0 radical (unpaired) electrons. The summed E-state index contributed by atoms with van der Waals surface area (Å²) in [7, 11) is 0. The molecule has 0 aromatic rings. The average molecular weight is 105 g/mol. The molecule has 0 saturated heterocycles. The van der Waals surface area contributed by atoms with Crippen molar-refractivity contribution in [2.75, 3.05) is 6.61 Å². The van der Waals surface area contributed by atoms with Crippen LogP contribution in [0.4, 0.5) is 4.39 Å². The second-order valence-corrected chi connectivity index (χ2v) is 0.822. The van der Waals surface area contributed by atoms with E-state index >= 15 is 0 Å². The molecule has 0 aromatic carbocycles. The first-order valence-corrected chi connectivity index (χ1v) is 1.60. The minimum atomic E-state index is -1.79. The summed E-state index contributed by atoms with van der Waals surface area (Å²) in [6.07, 6.45) is -1.79. The molecule has 0 aliphatic heterocycles. The van der Waals surface area contributed by atoms with E-state index in [1.54, 1.807) is 0 Å². The van der Waals surface area contributed by atoms with Gasteiger partial charge in [0.2, 0.25) is 6.30 Å². The van der Waals surface area contributed by atoms with Gasteiger partial charge in [-0.2, -0.15) is 0 Å². The normalized spacial score (nSPS) is 12.3. The molecule has 5 heteroatoms. The van der Waals surface area contributed by atoms with Gasteiger partial charge in [-0.25, -0.2) is 4.39 Å². The quantitative estimate of drug-likeness (QED) is 0.237. The van der Waals surface area contributed by atoms with E-state index in [0.29, 0.717) is 0 Å². The van der Waals surface area contributed by atoms with Crippen molar-refractivity contribution >= 4 is 0 Å². The first-order chi connectivity index (χ1) is 3.31. The highest BCUT2D eigenvalue weighted by atomic mass is 19.1. The van der Waals surface area contributed by atoms with Crippen molar-refractivity contribution in [1.29, 1.82) is 0 Å². The fourth-order valence-corrected chi connectivity index (χ4v) is 0.0925. The van der Waals surface area contributed by atoms with Crippen LogP contribution in [-0.4, -0.2) is 18.0 Å². The van der Waals surface area contributed by atoms with Crippen molar-refractivity contribution in [3.8, 4) is 0 Å². The molecule has 1 atom stereocenters. The van der Waals surface area contributed by atoms with Crippen LogP contribution in [0, 0.1) is 0 Å². The minimum Gasteiger partial charge on any atom is -0.393 e. The van der Waals surface area contributed by atoms with E-state index in [4.69, 9.17) is 10.6 Å². The van der Waals surface area contributed by atoms with Crippen molar-refractivity contribution in [2.45, 2.75) is 6.30 Å². The van der Waals surface area contributed by atoms with Crippen LogP contribution < -0.4 is 0 Å². The summed E-state index contributed by atoms with van der Waals surface area (Å²) < 4.78 is 11.5. The van der Waals surface area contributed by atoms with Gasteiger partial charge in [-0.3, -0.25) is 0 Å². The maximum absolute atomic E-state index is 11.5. The van der Waals surface area contributed by atoms with Crippen LogP contribution in [0.3, 0.4) is 0 Å². The molecule has 0 saturated carbocycles. The molecular weight excluding hydrogens is 101 g/mol. The monoisotopic (exact) mass is 105 g/mol. The van der Waals surface area contributed by atoms with Crippen LogP contribution in [-0.2, 0) is 0 Å². The van der Waals surface area contributed by atoms with Crippen molar-refractivity contribution < 1.29 is 9.50 Å². The van der Waals surface area contributed by atoms with Crippen molar-refractivity contribution in [2.24, 2.45) is 5.11 Å². The second-order valence-electron chi connectivity index (χ2n) is 0.822. The van der Waals surface area contributed by atoms with E-state index in [1.807, 2.05) is 0 Å². The Labute approximate surface area is 39.2 Å². The smallest absolute Gasteiger partial charge is 0.201 e. The predicted octanol–water partition coefficient (Wildman–Crippen LogP) is 0.585. The molecule has 0 aliphatic carbocycles. The summed E-state index contributed by atoms with van der Waals surface area (Å²) >= 11 is 0. The first kappa shape index (κ1) is 6.20. The SMILES string of the molecule is [N-]=[N+]=NC(F)CO. The molecule has 0 heterocycles. The van der Waals surface area contributed by atoms with E-state index in [2.05, 4.69) is 10.0 Å². The van der Waals surface area contributed by atoms with Crippen molar-refractivity contribution in [1.82, 2.24) is 0 Å². The first-order valence-electron chi connectivity index (χ1n) is 1.60. The summed E-state index contributed by atoms with van der Waals surface area (Å²) in [5.74, 6) is 0. The van der Waals surface area contributed by atoms with Crippen molar-refractivity contribution in [3.63, 3.8) is 0 Å². The zero-order valence-corrected chi connectivity index (χ0v) is 3.45. The molecule has 0 aliphatic rings. The number of rotatable bonds is 2. The van der Waals surface area contributed by atoms with Gasteiger partial charge < -0.3 is 5.11 Å². The van der Waals surface area contributed by atoms with Crippen LogP contribution in [0.25, 0.3) is 10.4 Å². The highest BCUT2D eigenvalue weighted by Gasteiger charge is 1.95. The number of hydrogen-bond donors (Lipinski definition) is 1. The maximum Gasteiger partial charge on any atom is 0.201 e. The molecule has 0 spiro atoms. The Balaban J connectivity index is 3.35. The van der Waals surface area contributed by atoms with E-state index in [1.165, 1.54) is 0 Å². The van der Waals surface area contributed by atoms with E-state index in [-0.39, 0.29) is 0 Å². The third kappa shape index (κ3) is 3.02. The third-order valence-electron chi connectivity index (χ3n) is 0.328. The lowest BCUT2D eigenvalue weighted by Gasteiger charge is -1.87. The minimum absolute atomic E-state index is 0.746. The average Bonchev–Trinajstić information content (AvgIpc) is 1.68. The number of aliphatic hydroxyl groups is 1. The Hall–Kier alpha value is -0.800. The number of aliphatic hydroxyl groups excluding tert-OH is 1. The van der Waals surface area contributed by atoms with Gasteiger partial charge in [0, 0.05) is 4.91 Å². The standard InChI is InChI=1S/C2H4FN3O/c3-2(1-7)5-6-4/h2,7H,1H2. The molecule has 0 aromatic heterocycles. The summed E-state index contributed by atoms with van der Waals surface area (Å²) in [5.41, 5.74) is 7.48. The van der Waals surface area contributed by atoms with Gasteiger partial charge in [0.25, 0.3) is 0 Å². The molecular formula is C2H4FN3O. The van der Waals surface area contributed by atoms with Crippen LogP contribution in [0.2, 0.25) is 0 Å². The number of nitrogens with zero attached hydrogens (tertiary/aromatic N) is 3. The maximum atomic E-state index is 11.5. The fourth-order valence-electron chi connectivity index (χ4n) is 0.0925. The number of hydrogen-bond acceptors (Lipinski definition) is 2. The molecule has 7 heavy (non-hydrogen) atoms. The molecule has 4 nitrogen and oxygen atoms in total. The van der Waals surface area contributed by atoms with Gasteiger partial charge in [0.15, 0.2) is 0 Å². The number of azide groups is 1. The Morgan fingerprint density at radius 2 is 2.57 bits per heavy atom. The summed E-state index contributed by atoms with van der Waals surface area (Å²) in [5, 5.41) is 10.3. The van der Waals surface area contributed by atoms with Gasteiger partial charge >= 0.3 is 0 Å².